The molecule has 4 aromatic carbocycles. The largest absolute Gasteiger partial charge is 0.497 e. The smallest absolute Gasteiger partial charge is 0.374 e. The fraction of sp³-hybridized carbons (Fsp3) is 0.440. The summed E-state index contributed by atoms with van der Waals surface area (Å²) in [5, 5.41) is 12.2. The van der Waals surface area contributed by atoms with E-state index >= 15 is 0 Å². The first-order valence-electron chi connectivity index (χ1n) is 20.6. The highest BCUT2D eigenvalue weighted by molar-refractivity contribution is 6.30. The Labute approximate surface area is 390 Å². The van der Waals surface area contributed by atoms with Crippen LogP contribution in [0.4, 0.5) is 17.6 Å². The van der Waals surface area contributed by atoms with Crippen LogP contribution in [-0.2, 0) is 32.0 Å². The number of hydrogen-bond donors (Lipinski definition) is 2. The Bertz CT molecular complexity index is 2100. The number of hydrogen-bond acceptors (Lipinski definition) is 7. The third kappa shape index (κ3) is 18.1. The third-order valence-electron chi connectivity index (χ3n) is 11.1. The normalized spacial score (nSPS) is 18.2. The Kier molecular flexibility index (Phi) is 22.7. The number of carboxylic acid groups (broad SMARTS) is 1. The fourth-order valence-corrected chi connectivity index (χ4v) is 8.06. The number of piperidine rings is 2. The topological polar surface area (TPSA) is 122 Å². The average molecular weight is 950 g/mol. The number of benzene rings is 4. The molecule has 2 aliphatic heterocycles. The third-order valence-corrected chi connectivity index (χ3v) is 11.6. The van der Waals surface area contributed by atoms with Gasteiger partial charge in [-0.25, -0.2) is 4.79 Å². The maximum absolute atomic E-state index is 13.6. The first kappa shape index (κ1) is 56.2. The van der Waals surface area contributed by atoms with Gasteiger partial charge < -0.3 is 24.8 Å². The molecule has 2 N–H and O–H groups in total. The number of likely N-dealkylation sites (tertiary alicyclic amines) is 1. The van der Waals surface area contributed by atoms with Gasteiger partial charge in [-0.15, -0.1) is 0 Å². The zero-order valence-corrected chi connectivity index (χ0v) is 37.2. The number of carbonyl (C=O) groups excluding carboxylic acids is 3. The number of rotatable bonds is 14. The van der Waals surface area contributed by atoms with Crippen LogP contribution in [0.15, 0.2) is 97.1 Å². The summed E-state index contributed by atoms with van der Waals surface area (Å²) in [6.45, 7) is 3.20. The second-order valence-corrected chi connectivity index (χ2v) is 16.9. The lowest BCUT2D eigenvalue weighted by Gasteiger charge is -2.39. The molecule has 2 saturated heterocycles. The zero-order chi connectivity index (χ0) is 46.3. The summed E-state index contributed by atoms with van der Waals surface area (Å²) in [6, 6.07) is 30.4. The van der Waals surface area contributed by atoms with E-state index in [1.807, 2.05) is 60.7 Å². The van der Waals surface area contributed by atoms with Gasteiger partial charge in [0.1, 0.15) is 23.1 Å². The zero-order valence-electron chi connectivity index (χ0n) is 35.7. The number of carboxylic acids is 1. The lowest BCUT2D eigenvalue weighted by Crippen LogP contribution is -2.49. The molecule has 0 saturated carbocycles. The van der Waals surface area contributed by atoms with Crippen LogP contribution >= 0.6 is 23.2 Å². The minimum absolute atomic E-state index is 0. The van der Waals surface area contributed by atoms with Crippen molar-refractivity contribution in [2.75, 3.05) is 40.4 Å². The average Bonchev–Trinajstić information content (AvgIpc) is 3.25. The van der Waals surface area contributed by atoms with E-state index in [-0.39, 0.29) is 64.2 Å². The molecule has 2 unspecified atom stereocenters. The molecule has 356 valence electrons. The SMILES string of the molecule is C.C.CC(F)(F)C(=O)O.COc1ccc(C2CCN(C(=O)C(C)(F)F)C[C@H]2CC(=O)Cc2ccc(Cl)cc2)cc1.COc1ccc(C2CCNC[C@H]2CC(=O)Cc2ccc(Cl)cc2)cc1. The Hall–Kier alpha value is -4.98. The molecular weight excluding hydrogens is 887 g/mol. The van der Waals surface area contributed by atoms with E-state index in [1.54, 1.807) is 38.5 Å². The number of halogens is 6. The monoisotopic (exact) mass is 948 g/mol. The molecule has 0 radical (unpaired) electrons. The van der Waals surface area contributed by atoms with Gasteiger partial charge in [0, 0.05) is 62.7 Å². The molecule has 2 fully saturated rings. The predicted molar refractivity (Wildman–Crippen MR) is 249 cm³/mol. The van der Waals surface area contributed by atoms with E-state index in [0.717, 1.165) is 47.7 Å². The fourth-order valence-electron chi connectivity index (χ4n) is 7.81. The van der Waals surface area contributed by atoms with Gasteiger partial charge >= 0.3 is 17.8 Å². The number of ketones is 2. The second-order valence-electron chi connectivity index (χ2n) is 16.0. The minimum Gasteiger partial charge on any atom is -0.497 e. The van der Waals surface area contributed by atoms with E-state index in [2.05, 4.69) is 17.4 Å². The van der Waals surface area contributed by atoms with E-state index in [9.17, 15) is 36.7 Å². The second kappa shape index (κ2) is 26.2. The van der Waals surface area contributed by atoms with Crippen LogP contribution < -0.4 is 14.8 Å². The number of ether oxygens (including phenoxy) is 2. The molecule has 0 spiro atoms. The first-order chi connectivity index (χ1) is 29.8. The predicted octanol–water partition coefficient (Wildman–Crippen LogP) is 11.4. The summed E-state index contributed by atoms with van der Waals surface area (Å²) in [4.78, 5) is 48.0. The van der Waals surface area contributed by atoms with Crippen molar-refractivity contribution in [3.05, 3.63) is 129 Å². The van der Waals surface area contributed by atoms with Crippen molar-refractivity contribution < 1.29 is 51.3 Å². The van der Waals surface area contributed by atoms with Crippen LogP contribution in [0, 0.1) is 11.8 Å². The molecule has 0 bridgehead atoms. The summed E-state index contributed by atoms with van der Waals surface area (Å²) >= 11 is 11.8. The van der Waals surface area contributed by atoms with Gasteiger partial charge in [-0.05, 0) is 120 Å². The summed E-state index contributed by atoms with van der Waals surface area (Å²) in [7, 11) is 3.26. The maximum Gasteiger partial charge on any atom is 0.374 e. The summed E-state index contributed by atoms with van der Waals surface area (Å²) in [6.07, 6.45) is 3.10. The van der Waals surface area contributed by atoms with Gasteiger partial charge in [-0.2, -0.15) is 17.6 Å². The van der Waals surface area contributed by atoms with Crippen LogP contribution in [-0.4, -0.2) is 85.7 Å². The standard InChI is InChI=1S/C24H26ClF2NO3.C21H24ClNO2.C3H4F2O2.2CH4/c1-24(26,27)23(30)28-12-11-22(17-5-9-21(31-2)10-6-17)18(15-28)14-20(29)13-16-3-7-19(25)8-4-16;1-25-20-8-4-16(5-9-20)21-10-11-23-14-17(21)13-19(24)12-15-2-6-18(22)7-3-15;1-3(4,5)2(6)7;;/h3-10,18,22H,11-15H2,1-2H3;2-9,17,21,23H,10-14H2,1H3;1H3,(H,6,7);2*1H4/t18-,22?;17-,21?;;;/m11.../s1. The molecule has 2 aliphatic rings. The van der Waals surface area contributed by atoms with Crippen LogP contribution in [0.1, 0.15) is 88.5 Å². The van der Waals surface area contributed by atoms with Crippen molar-refractivity contribution >= 4 is 46.6 Å². The van der Waals surface area contributed by atoms with E-state index < -0.39 is 23.7 Å². The van der Waals surface area contributed by atoms with Crippen molar-refractivity contribution in [1.29, 1.82) is 0 Å². The Morgan fingerprint density at radius 1 is 0.662 bits per heavy atom. The molecule has 9 nitrogen and oxygen atoms in total. The van der Waals surface area contributed by atoms with Crippen LogP contribution in [0.25, 0.3) is 0 Å². The molecule has 4 aromatic rings. The molecule has 0 aliphatic carbocycles. The Morgan fingerprint density at radius 3 is 1.45 bits per heavy atom. The Morgan fingerprint density at radius 2 is 1.06 bits per heavy atom. The van der Waals surface area contributed by atoms with Crippen LogP contribution in [0.3, 0.4) is 0 Å². The van der Waals surface area contributed by atoms with Gasteiger partial charge in [0.15, 0.2) is 0 Å². The molecule has 0 aromatic heterocycles. The van der Waals surface area contributed by atoms with Crippen molar-refractivity contribution in [2.45, 2.75) is 90.9 Å². The first-order valence-corrected chi connectivity index (χ1v) is 21.3. The highest BCUT2D eigenvalue weighted by atomic mass is 35.5. The lowest BCUT2D eigenvalue weighted by molar-refractivity contribution is -0.162. The number of aliphatic carboxylic acids is 1. The van der Waals surface area contributed by atoms with E-state index in [0.29, 0.717) is 55.0 Å². The molecule has 65 heavy (non-hydrogen) atoms. The van der Waals surface area contributed by atoms with Gasteiger partial charge in [0.2, 0.25) is 0 Å². The molecule has 4 atom stereocenters. The van der Waals surface area contributed by atoms with Gasteiger partial charge in [0.25, 0.3) is 5.91 Å². The van der Waals surface area contributed by atoms with Gasteiger partial charge in [-0.3, -0.25) is 14.4 Å². The van der Waals surface area contributed by atoms with Crippen molar-refractivity contribution in [1.82, 2.24) is 10.2 Å². The number of nitrogens with zero attached hydrogens (tertiary/aromatic N) is 1. The van der Waals surface area contributed by atoms with Crippen LogP contribution in [0.5, 0.6) is 11.5 Å². The van der Waals surface area contributed by atoms with Gasteiger partial charge in [-0.1, -0.05) is 86.6 Å². The number of alkyl halides is 4. The molecule has 15 heteroatoms. The van der Waals surface area contributed by atoms with E-state index in [1.165, 1.54) is 10.5 Å². The number of methoxy groups -OCH3 is 2. The number of amides is 1. The maximum atomic E-state index is 13.6. The summed E-state index contributed by atoms with van der Waals surface area (Å²) < 4.78 is 60.2. The van der Waals surface area contributed by atoms with Gasteiger partial charge in [0.05, 0.1) is 14.2 Å². The molecule has 6 rings (SSSR count). The number of nitrogens with one attached hydrogen (secondary N) is 1. The molecular formula is C50H62Cl2F4N2O7. The minimum atomic E-state index is -3.58. The quantitative estimate of drug-likeness (QED) is 0.120. The highest BCUT2D eigenvalue weighted by Gasteiger charge is 2.41. The number of carbonyl (C=O) groups is 4. The van der Waals surface area contributed by atoms with Crippen molar-refractivity contribution in [2.24, 2.45) is 11.8 Å². The lowest BCUT2D eigenvalue weighted by atomic mass is 9.77. The van der Waals surface area contributed by atoms with E-state index in [4.69, 9.17) is 37.8 Å². The summed E-state index contributed by atoms with van der Waals surface area (Å²) in [5.41, 5.74) is 4.19. The summed E-state index contributed by atoms with van der Waals surface area (Å²) in [5.74, 6) is -7.90. The highest BCUT2D eigenvalue weighted by Crippen LogP contribution is 2.38. The van der Waals surface area contributed by atoms with Crippen molar-refractivity contribution in [3.63, 3.8) is 0 Å². The Balaban J connectivity index is 0.000000385. The number of Topliss-reactive ketones (excluding diaryl/α,β-unsaturated/α-hetero) is 2. The van der Waals surface area contributed by atoms with Crippen molar-refractivity contribution in [3.8, 4) is 11.5 Å². The molecule has 2 heterocycles. The molecule has 1 amide bonds. The van der Waals surface area contributed by atoms with Crippen LogP contribution in [0.2, 0.25) is 10.0 Å².